The lowest BCUT2D eigenvalue weighted by Gasteiger charge is -2.15. The van der Waals surface area contributed by atoms with Gasteiger partial charge in [0.05, 0.1) is 24.5 Å². The average molecular weight is 289 g/mol. The van der Waals surface area contributed by atoms with Crippen LogP contribution in [-0.4, -0.2) is 40.7 Å². The van der Waals surface area contributed by atoms with Gasteiger partial charge in [0.15, 0.2) is 0 Å². The fraction of sp³-hybridized carbons (Fsp3) is 0.357. The second kappa shape index (κ2) is 6.96. The van der Waals surface area contributed by atoms with E-state index in [4.69, 9.17) is 10.5 Å². The molecule has 7 heteroatoms. The number of carbonyl (C=O) groups excluding carboxylic acids is 1. The zero-order chi connectivity index (χ0) is 15.2. The molecule has 2 rings (SSSR count). The van der Waals surface area contributed by atoms with Crippen molar-refractivity contribution in [2.24, 2.45) is 5.73 Å². The van der Waals surface area contributed by atoms with Gasteiger partial charge in [0.1, 0.15) is 11.7 Å². The lowest BCUT2D eigenvalue weighted by Crippen LogP contribution is -2.44. The van der Waals surface area contributed by atoms with Crippen molar-refractivity contribution < 1.29 is 9.53 Å². The number of amides is 1. The first-order valence-corrected chi connectivity index (χ1v) is 6.64. The molecule has 0 aliphatic rings. The summed E-state index contributed by atoms with van der Waals surface area (Å²) in [7, 11) is 1.50. The number of nitrogens with zero attached hydrogens (tertiary/aromatic N) is 3. The summed E-state index contributed by atoms with van der Waals surface area (Å²) in [5.41, 5.74) is 7.24. The molecule has 112 valence electrons. The van der Waals surface area contributed by atoms with Gasteiger partial charge in [-0.2, -0.15) is 0 Å². The van der Waals surface area contributed by atoms with Crippen LogP contribution in [-0.2, 0) is 9.53 Å². The van der Waals surface area contributed by atoms with Crippen LogP contribution in [0.2, 0.25) is 0 Å². The van der Waals surface area contributed by atoms with Gasteiger partial charge in [-0.3, -0.25) is 4.79 Å². The molecule has 0 saturated carbocycles. The first-order valence-electron chi connectivity index (χ1n) is 6.64. The first kappa shape index (κ1) is 15.1. The molecule has 0 fully saturated rings. The van der Waals surface area contributed by atoms with Crippen LogP contribution in [0, 0.1) is 0 Å². The topological polar surface area (TPSA) is 95.1 Å². The van der Waals surface area contributed by atoms with Crippen LogP contribution in [0.15, 0.2) is 36.5 Å². The number of hydrogen-bond donors (Lipinski definition) is 2. The molecule has 7 nitrogen and oxygen atoms in total. The summed E-state index contributed by atoms with van der Waals surface area (Å²) in [5.74, 6) is -0.279. The van der Waals surface area contributed by atoms with Gasteiger partial charge < -0.3 is 15.8 Å². The monoisotopic (exact) mass is 289 g/mol. The number of aromatic nitrogens is 3. The van der Waals surface area contributed by atoms with E-state index in [1.165, 1.54) is 7.11 Å². The molecule has 0 bridgehead atoms. The minimum atomic E-state index is -0.693. The molecule has 1 aromatic carbocycles. The predicted octanol–water partition coefficient (Wildman–Crippen LogP) is 0.418. The van der Waals surface area contributed by atoms with Crippen LogP contribution in [0.3, 0.4) is 0 Å². The van der Waals surface area contributed by atoms with Gasteiger partial charge in [0.2, 0.25) is 5.91 Å². The van der Waals surface area contributed by atoms with Crippen LogP contribution in [0.25, 0.3) is 5.69 Å². The lowest BCUT2D eigenvalue weighted by molar-refractivity contribution is -0.124. The third-order valence-corrected chi connectivity index (χ3v) is 3.02. The molecule has 0 aliphatic heterocycles. The quantitative estimate of drug-likeness (QED) is 0.803. The Morgan fingerprint density at radius 3 is 2.81 bits per heavy atom. The average Bonchev–Trinajstić information content (AvgIpc) is 2.98. The molecule has 1 aromatic heterocycles. The molecule has 3 N–H and O–H groups in total. The summed E-state index contributed by atoms with van der Waals surface area (Å²) in [6, 6.07) is 8.66. The molecular formula is C14H19N5O2. The molecule has 0 saturated heterocycles. The van der Waals surface area contributed by atoms with Gasteiger partial charge in [-0.25, -0.2) is 4.68 Å². The fourth-order valence-electron chi connectivity index (χ4n) is 1.83. The standard InChI is InChI=1S/C14H19N5O2/c1-10(16-14(20)12(15)9-21-2)13-8-19(18-17-13)11-6-4-3-5-7-11/h3-8,10,12H,9,15H2,1-2H3,(H,16,20). The Labute approximate surface area is 123 Å². The maximum absolute atomic E-state index is 11.8. The number of ether oxygens (including phenoxy) is 1. The van der Waals surface area contributed by atoms with Crippen LogP contribution in [0.4, 0.5) is 0 Å². The van der Waals surface area contributed by atoms with Crippen LogP contribution in [0.1, 0.15) is 18.7 Å². The summed E-state index contributed by atoms with van der Waals surface area (Å²) in [4.78, 5) is 11.8. The molecule has 2 aromatic rings. The number of rotatable bonds is 6. The Kier molecular flexibility index (Phi) is 5.02. The molecule has 0 radical (unpaired) electrons. The Bertz CT molecular complexity index is 584. The third-order valence-electron chi connectivity index (χ3n) is 3.02. The summed E-state index contributed by atoms with van der Waals surface area (Å²) in [5, 5.41) is 10.9. The third kappa shape index (κ3) is 3.87. The molecule has 1 amide bonds. The summed E-state index contributed by atoms with van der Waals surface area (Å²) in [6.45, 7) is 2.01. The number of para-hydroxylation sites is 1. The normalized spacial score (nSPS) is 13.7. The van der Waals surface area contributed by atoms with Gasteiger partial charge in [-0.15, -0.1) is 5.10 Å². The van der Waals surface area contributed by atoms with Crippen molar-refractivity contribution in [1.29, 1.82) is 0 Å². The van der Waals surface area contributed by atoms with Crippen LogP contribution in [0.5, 0.6) is 0 Å². The van der Waals surface area contributed by atoms with E-state index in [0.29, 0.717) is 5.69 Å². The van der Waals surface area contributed by atoms with Gasteiger partial charge in [0, 0.05) is 7.11 Å². The van der Waals surface area contributed by atoms with Crippen molar-refractivity contribution in [1.82, 2.24) is 20.3 Å². The molecule has 2 atom stereocenters. The Balaban J connectivity index is 2.02. The number of nitrogens with two attached hydrogens (primary N) is 1. The van der Waals surface area contributed by atoms with Gasteiger partial charge >= 0.3 is 0 Å². The van der Waals surface area contributed by atoms with Gasteiger partial charge in [-0.05, 0) is 19.1 Å². The van der Waals surface area contributed by atoms with E-state index in [0.717, 1.165) is 5.69 Å². The largest absolute Gasteiger partial charge is 0.383 e. The van der Waals surface area contributed by atoms with Crippen molar-refractivity contribution >= 4 is 5.91 Å². The number of nitrogens with one attached hydrogen (secondary N) is 1. The predicted molar refractivity (Wildman–Crippen MR) is 77.8 cm³/mol. The van der Waals surface area contributed by atoms with Crippen molar-refractivity contribution in [3.63, 3.8) is 0 Å². The van der Waals surface area contributed by atoms with E-state index in [-0.39, 0.29) is 18.6 Å². The number of hydrogen-bond acceptors (Lipinski definition) is 5. The molecular weight excluding hydrogens is 270 g/mol. The Morgan fingerprint density at radius 2 is 2.14 bits per heavy atom. The van der Waals surface area contributed by atoms with Gasteiger partial charge in [-0.1, -0.05) is 23.4 Å². The number of methoxy groups -OCH3 is 1. The van der Waals surface area contributed by atoms with E-state index in [1.54, 1.807) is 10.9 Å². The lowest BCUT2D eigenvalue weighted by atomic mass is 10.2. The van der Waals surface area contributed by atoms with Gasteiger partial charge in [0.25, 0.3) is 0 Å². The summed E-state index contributed by atoms with van der Waals surface area (Å²) >= 11 is 0. The zero-order valence-electron chi connectivity index (χ0n) is 12.1. The highest BCUT2D eigenvalue weighted by atomic mass is 16.5. The maximum Gasteiger partial charge on any atom is 0.239 e. The van der Waals surface area contributed by atoms with E-state index in [2.05, 4.69) is 15.6 Å². The SMILES string of the molecule is COCC(N)C(=O)NC(C)c1cn(-c2ccccc2)nn1. The zero-order valence-corrected chi connectivity index (χ0v) is 12.1. The van der Waals surface area contributed by atoms with E-state index in [1.807, 2.05) is 37.3 Å². The molecule has 0 spiro atoms. The Morgan fingerprint density at radius 1 is 1.43 bits per heavy atom. The summed E-state index contributed by atoms with van der Waals surface area (Å²) < 4.78 is 6.52. The van der Waals surface area contributed by atoms with Crippen LogP contribution >= 0.6 is 0 Å². The maximum atomic E-state index is 11.8. The van der Waals surface area contributed by atoms with E-state index >= 15 is 0 Å². The Hall–Kier alpha value is -2.25. The van der Waals surface area contributed by atoms with E-state index in [9.17, 15) is 4.79 Å². The molecule has 21 heavy (non-hydrogen) atoms. The van der Waals surface area contributed by atoms with Crippen molar-refractivity contribution in [2.45, 2.75) is 19.0 Å². The fourth-order valence-corrected chi connectivity index (χ4v) is 1.83. The highest BCUT2D eigenvalue weighted by Gasteiger charge is 2.18. The highest BCUT2D eigenvalue weighted by molar-refractivity contribution is 5.81. The minimum absolute atomic E-state index is 0.176. The van der Waals surface area contributed by atoms with Crippen molar-refractivity contribution in [3.05, 3.63) is 42.2 Å². The molecule has 2 unspecified atom stereocenters. The van der Waals surface area contributed by atoms with E-state index < -0.39 is 6.04 Å². The van der Waals surface area contributed by atoms with Crippen LogP contribution < -0.4 is 11.1 Å². The second-order valence-electron chi connectivity index (χ2n) is 4.72. The van der Waals surface area contributed by atoms with Crippen molar-refractivity contribution in [3.8, 4) is 5.69 Å². The molecule has 0 aliphatic carbocycles. The summed E-state index contributed by atoms with van der Waals surface area (Å²) in [6.07, 6.45) is 1.78. The number of carbonyl (C=O) groups is 1. The molecule has 1 heterocycles. The minimum Gasteiger partial charge on any atom is -0.383 e. The second-order valence-corrected chi connectivity index (χ2v) is 4.72. The number of benzene rings is 1. The highest BCUT2D eigenvalue weighted by Crippen LogP contribution is 2.11. The first-order chi connectivity index (χ1) is 10.1. The smallest absolute Gasteiger partial charge is 0.239 e. The van der Waals surface area contributed by atoms with Crippen molar-refractivity contribution in [2.75, 3.05) is 13.7 Å².